The van der Waals surface area contributed by atoms with E-state index < -0.39 is 5.92 Å². The normalized spacial score (nSPS) is 14.3. The minimum Gasteiger partial charge on any atom is -0.461 e. The van der Waals surface area contributed by atoms with Crippen molar-refractivity contribution in [2.45, 2.75) is 58.2 Å². The van der Waals surface area contributed by atoms with Gasteiger partial charge in [0.05, 0.1) is 5.92 Å². The highest BCUT2D eigenvalue weighted by atomic mass is 32.1. The topological polar surface area (TPSA) is 89.5 Å². The molecule has 2 aromatic rings. The summed E-state index contributed by atoms with van der Waals surface area (Å²) in [4.78, 5) is 30.2. The predicted octanol–water partition coefficient (Wildman–Crippen LogP) is 4.56. The van der Waals surface area contributed by atoms with Gasteiger partial charge in [0.2, 0.25) is 0 Å². The first-order valence-electron chi connectivity index (χ1n) is 12.6. The number of esters is 1. The van der Waals surface area contributed by atoms with E-state index in [1.807, 2.05) is 37.4 Å². The fourth-order valence-electron chi connectivity index (χ4n) is 4.04. The molecular formula is C29H39N3O4S. The molecule has 1 heterocycles. The smallest absolute Gasteiger partial charge is 0.309 e. The first-order valence-corrected chi connectivity index (χ1v) is 13.5. The molecule has 1 aromatic heterocycles. The van der Waals surface area contributed by atoms with Gasteiger partial charge in [-0.3, -0.25) is 9.59 Å². The number of carbonyl (C=O) groups excluding carboxylic acids is 2. The van der Waals surface area contributed by atoms with E-state index in [0.29, 0.717) is 35.9 Å². The number of aromatic nitrogens is 1. The van der Waals surface area contributed by atoms with E-state index in [0.717, 1.165) is 5.56 Å². The molecule has 0 unspecified atom stereocenters. The fourth-order valence-corrected chi connectivity index (χ4v) is 4.90. The van der Waals surface area contributed by atoms with Gasteiger partial charge in [-0.25, -0.2) is 4.98 Å². The maximum Gasteiger partial charge on any atom is 0.309 e. The SMILES string of the molecule is C#CCO[C@H](C[C@@H](NC)C(C)C)c1nc(C(=O)N[C@@H](Cc2ccccc2)C[C@H](C)C(=O)OCC=C)cs1. The van der Waals surface area contributed by atoms with Crippen molar-refractivity contribution in [3.05, 3.63) is 64.6 Å². The highest BCUT2D eigenvalue weighted by Gasteiger charge is 2.26. The summed E-state index contributed by atoms with van der Waals surface area (Å²) in [6, 6.07) is 9.78. The van der Waals surface area contributed by atoms with Crippen molar-refractivity contribution < 1.29 is 19.1 Å². The molecule has 0 aliphatic rings. The summed E-state index contributed by atoms with van der Waals surface area (Å²) in [6.07, 6.45) is 8.34. The van der Waals surface area contributed by atoms with E-state index in [1.54, 1.807) is 12.3 Å². The van der Waals surface area contributed by atoms with E-state index >= 15 is 0 Å². The summed E-state index contributed by atoms with van der Waals surface area (Å²) >= 11 is 1.38. The molecule has 4 atom stereocenters. The van der Waals surface area contributed by atoms with Crippen molar-refractivity contribution in [2.24, 2.45) is 11.8 Å². The lowest BCUT2D eigenvalue weighted by Crippen LogP contribution is -2.39. The Morgan fingerprint density at radius 1 is 1.22 bits per heavy atom. The molecular weight excluding hydrogens is 486 g/mol. The molecule has 0 saturated carbocycles. The number of hydrogen-bond donors (Lipinski definition) is 2. The molecule has 1 aromatic carbocycles. The molecule has 37 heavy (non-hydrogen) atoms. The molecule has 1 amide bonds. The number of hydrogen-bond acceptors (Lipinski definition) is 7. The van der Waals surface area contributed by atoms with Gasteiger partial charge >= 0.3 is 5.97 Å². The van der Waals surface area contributed by atoms with Crippen LogP contribution in [0.5, 0.6) is 0 Å². The summed E-state index contributed by atoms with van der Waals surface area (Å²) in [7, 11) is 1.92. The molecule has 0 aliphatic heterocycles. The molecule has 2 rings (SSSR count). The lowest BCUT2D eigenvalue weighted by atomic mass is 9.96. The van der Waals surface area contributed by atoms with Crippen LogP contribution in [0.15, 0.2) is 48.4 Å². The number of rotatable bonds is 16. The Hall–Kier alpha value is -2.99. The van der Waals surface area contributed by atoms with Crippen molar-refractivity contribution in [1.82, 2.24) is 15.6 Å². The average molecular weight is 526 g/mol. The van der Waals surface area contributed by atoms with Gasteiger partial charge in [-0.05, 0) is 37.8 Å². The minimum absolute atomic E-state index is 0.161. The highest BCUT2D eigenvalue weighted by Crippen LogP contribution is 2.28. The van der Waals surface area contributed by atoms with E-state index in [2.05, 4.69) is 42.0 Å². The number of nitrogens with one attached hydrogen (secondary N) is 2. The molecule has 2 N–H and O–H groups in total. The third-order valence-corrected chi connectivity index (χ3v) is 7.02. The number of thiazole rings is 1. The lowest BCUT2D eigenvalue weighted by molar-refractivity contribution is -0.147. The number of terminal acetylenes is 1. The first-order chi connectivity index (χ1) is 17.8. The maximum atomic E-state index is 13.2. The number of carbonyl (C=O) groups is 2. The second-order valence-corrected chi connectivity index (χ2v) is 10.3. The number of ether oxygens (including phenoxy) is 2. The number of amides is 1. The van der Waals surface area contributed by atoms with E-state index in [-0.39, 0.29) is 43.3 Å². The van der Waals surface area contributed by atoms with Gasteiger partial charge in [-0.15, -0.1) is 17.8 Å². The molecule has 7 nitrogen and oxygen atoms in total. The van der Waals surface area contributed by atoms with Crippen LogP contribution in [0.3, 0.4) is 0 Å². The lowest BCUT2D eigenvalue weighted by Gasteiger charge is -2.24. The van der Waals surface area contributed by atoms with Crippen LogP contribution in [0.2, 0.25) is 0 Å². The third-order valence-electron chi connectivity index (χ3n) is 6.09. The highest BCUT2D eigenvalue weighted by molar-refractivity contribution is 7.09. The monoisotopic (exact) mass is 525 g/mol. The van der Waals surface area contributed by atoms with Crippen molar-refractivity contribution in [2.75, 3.05) is 20.3 Å². The van der Waals surface area contributed by atoms with E-state index in [9.17, 15) is 9.59 Å². The molecule has 0 radical (unpaired) electrons. The Kier molecular flexibility index (Phi) is 13.1. The van der Waals surface area contributed by atoms with Crippen LogP contribution in [0, 0.1) is 24.2 Å². The van der Waals surface area contributed by atoms with Crippen molar-refractivity contribution in [1.29, 1.82) is 0 Å². The Morgan fingerprint density at radius 2 is 1.95 bits per heavy atom. The van der Waals surface area contributed by atoms with Gasteiger partial charge in [0.15, 0.2) is 0 Å². The van der Waals surface area contributed by atoms with Crippen molar-refractivity contribution in [3.8, 4) is 12.3 Å². The van der Waals surface area contributed by atoms with E-state index in [1.165, 1.54) is 17.4 Å². The van der Waals surface area contributed by atoms with Gasteiger partial charge in [-0.2, -0.15) is 0 Å². The molecule has 0 fully saturated rings. The Morgan fingerprint density at radius 3 is 2.57 bits per heavy atom. The van der Waals surface area contributed by atoms with Crippen LogP contribution >= 0.6 is 11.3 Å². The third kappa shape index (κ3) is 10.1. The second kappa shape index (κ2) is 16.0. The van der Waals surface area contributed by atoms with Crippen LogP contribution in [-0.4, -0.2) is 49.2 Å². The van der Waals surface area contributed by atoms with Crippen LogP contribution in [0.1, 0.15) is 60.8 Å². The Labute approximate surface area is 225 Å². The standard InChI is InChI=1S/C29H39N3O4S/c1-7-14-35-26(18-24(30-6)20(3)4)28-32-25(19-37-28)27(33)31-23(17-22-12-10-9-11-13-22)16-21(5)29(34)36-15-8-2/h1,8-13,19-21,23-24,26,30H,2,14-18H2,3-6H3,(H,31,33)/t21-,23+,24+,26+/m0/s1. The zero-order valence-corrected chi connectivity index (χ0v) is 23.1. The van der Waals surface area contributed by atoms with Crippen LogP contribution in [-0.2, 0) is 20.7 Å². The first kappa shape index (κ1) is 30.2. The Bertz CT molecular complexity index is 1030. The molecule has 200 valence electrons. The summed E-state index contributed by atoms with van der Waals surface area (Å²) < 4.78 is 11.1. The van der Waals surface area contributed by atoms with Gasteiger partial charge in [0.1, 0.15) is 30.0 Å². The molecule has 8 heteroatoms. The fraction of sp³-hybridized carbons (Fsp3) is 0.483. The van der Waals surface area contributed by atoms with Crippen LogP contribution in [0.4, 0.5) is 0 Å². The average Bonchev–Trinajstić information content (AvgIpc) is 3.38. The number of benzene rings is 1. The summed E-state index contributed by atoms with van der Waals surface area (Å²) in [5.41, 5.74) is 1.38. The zero-order chi connectivity index (χ0) is 27.2. The van der Waals surface area contributed by atoms with E-state index in [4.69, 9.17) is 15.9 Å². The quantitative estimate of drug-likeness (QED) is 0.190. The second-order valence-electron chi connectivity index (χ2n) is 9.37. The maximum absolute atomic E-state index is 13.2. The molecule has 0 spiro atoms. The summed E-state index contributed by atoms with van der Waals surface area (Å²) in [5.74, 6) is 1.91. The Balaban J connectivity index is 2.17. The van der Waals surface area contributed by atoms with Gasteiger partial charge in [0.25, 0.3) is 5.91 Å². The van der Waals surface area contributed by atoms with Gasteiger partial charge in [-0.1, -0.05) is 69.7 Å². The molecule has 0 bridgehead atoms. The molecule has 0 aliphatic carbocycles. The summed E-state index contributed by atoms with van der Waals surface area (Å²) in [6.45, 7) is 9.99. The van der Waals surface area contributed by atoms with Crippen molar-refractivity contribution >= 4 is 23.2 Å². The van der Waals surface area contributed by atoms with Gasteiger partial charge < -0.3 is 20.1 Å². The van der Waals surface area contributed by atoms with Gasteiger partial charge in [0, 0.05) is 17.5 Å². The number of nitrogens with zero attached hydrogens (tertiary/aromatic N) is 1. The molecule has 0 saturated heterocycles. The predicted molar refractivity (Wildman–Crippen MR) is 148 cm³/mol. The van der Waals surface area contributed by atoms with Crippen LogP contribution in [0.25, 0.3) is 0 Å². The zero-order valence-electron chi connectivity index (χ0n) is 22.2. The largest absolute Gasteiger partial charge is 0.461 e. The summed E-state index contributed by atoms with van der Waals surface area (Å²) in [5, 5.41) is 8.85. The van der Waals surface area contributed by atoms with Crippen LogP contribution < -0.4 is 10.6 Å². The van der Waals surface area contributed by atoms with Crippen molar-refractivity contribution in [3.63, 3.8) is 0 Å². The minimum atomic E-state index is -0.393.